The Balaban J connectivity index is 2.27. The Morgan fingerprint density at radius 1 is 1.57 bits per heavy atom. The SMILES string of the molecule is CC(C)(C)OC(=O)C[C@H]1C[C@H](O)CO1. The fourth-order valence-electron chi connectivity index (χ4n) is 1.40. The van der Waals surface area contributed by atoms with Crippen molar-refractivity contribution in [3.8, 4) is 0 Å². The smallest absolute Gasteiger partial charge is 0.308 e. The molecular formula is C10H18O4. The van der Waals surface area contributed by atoms with Crippen molar-refractivity contribution in [1.82, 2.24) is 0 Å². The topological polar surface area (TPSA) is 55.8 Å². The number of ether oxygens (including phenoxy) is 2. The van der Waals surface area contributed by atoms with E-state index in [-0.39, 0.29) is 18.5 Å². The molecule has 2 atom stereocenters. The van der Waals surface area contributed by atoms with E-state index in [4.69, 9.17) is 14.6 Å². The van der Waals surface area contributed by atoms with Crippen LogP contribution in [0.25, 0.3) is 0 Å². The molecule has 0 aliphatic carbocycles. The molecule has 0 aromatic heterocycles. The summed E-state index contributed by atoms with van der Waals surface area (Å²) in [6.45, 7) is 5.81. The van der Waals surface area contributed by atoms with Gasteiger partial charge in [-0.15, -0.1) is 0 Å². The van der Waals surface area contributed by atoms with Crippen LogP contribution in [0.2, 0.25) is 0 Å². The quantitative estimate of drug-likeness (QED) is 0.675. The largest absolute Gasteiger partial charge is 0.460 e. The Bertz CT molecular complexity index is 207. The number of hydrogen-bond donors (Lipinski definition) is 1. The van der Waals surface area contributed by atoms with Crippen molar-refractivity contribution in [3.63, 3.8) is 0 Å². The number of esters is 1. The lowest BCUT2D eigenvalue weighted by Gasteiger charge is -2.20. The van der Waals surface area contributed by atoms with Crippen molar-refractivity contribution in [3.05, 3.63) is 0 Å². The van der Waals surface area contributed by atoms with Crippen LogP contribution in [0.3, 0.4) is 0 Å². The molecule has 1 heterocycles. The van der Waals surface area contributed by atoms with Crippen molar-refractivity contribution in [1.29, 1.82) is 0 Å². The average Bonchev–Trinajstić information content (AvgIpc) is 2.30. The summed E-state index contributed by atoms with van der Waals surface area (Å²) >= 11 is 0. The number of carbonyl (C=O) groups is 1. The molecule has 0 radical (unpaired) electrons. The van der Waals surface area contributed by atoms with Crippen LogP contribution in [0.4, 0.5) is 0 Å². The fourth-order valence-corrected chi connectivity index (χ4v) is 1.40. The molecule has 0 amide bonds. The molecular weight excluding hydrogens is 184 g/mol. The van der Waals surface area contributed by atoms with Crippen molar-refractivity contribution >= 4 is 5.97 Å². The molecule has 1 aliphatic rings. The van der Waals surface area contributed by atoms with E-state index in [0.29, 0.717) is 13.0 Å². The molecule has 0 aromatic rings. The van der Waals surface area contributed by atoms with E-state index in [1.54, 1.807) is 0 Å². The maximum absolute atomic E-state index is 11.3. The monoisotopic (exact) mass is 202 g/mol. The Kier molecular flexibility index (Phi) is 3.50. The van der Waals surface area contributed by atoms with Gasteiger partial charge in [-0.1, -0.05) is 0 Å². The number of hydrogen-bond acceptors (Lipinski definition) is 4. The van der Waals surface area contributed by atoms with Crippen LogP contribution < -0.4 is 0 Å². The van der Waals surface area contributed by atoms with Gasteiger partial charge in [0.1, 0.15) is 5.60 Å². The molecule has 0 aromatic carbocycles. The molecule has 1 fully saturated rings. The number of aliphatic hydroxyl groups is 1. The number of carbonyl (C=O) groups excluding carboxylic acids is 1. The maximum Gasteiger partial charge on any atom is 0.308 e. The van der Waals surface area contributed by atoms with E-state index in [1.165, 1.54) is 0 Å². The highest BCUT2D eigenvalue weighted by Crippen LogP contribution is 2.18. The fraction of sp³-hybridized carbons (Fsp3) is 0.900. The molecule has 4 heteroatoms. The van der Waals surface area contributed by atoms with E-state index in [0.717, 1.165) is 0 Å². The van der Waals surface area contributed by atoms with Gasteiger partial charge in [0.15, 0.2) is 0 Å². The van der Waals surface area contributed by atoms with Gasteiger partial charge in [0, 0.05) is 6.42 Å². The van der Waals surface area contributed by atoms with Crippen LogP contribution in [0, 0.1) is 0 Å². The molecule has 1 N–H and O–H groups in total. The first-order valence-electron chi connectivity index (χ1n) is 4.88. The summed E-state index contributed by atoms with van der Waals surface area (Å²) in [5.74, 6) is -0.267. The highest BCUT2D eigenvalue weighted by Gasteiger charge is 2.27. The Labute approximate surface area is 84.2 Å². The Hall–Kier alpha value is -0.610. The van der Waals surface area contributed by atoms with Gasteiger partial charge in [-0.2, -0.15) is 0 Å². The highest BCUT2D eigenvalue weighted by atomic mass is 16.6. The normalized spacial score (nSPS) is 27.7. The summed E-state index contributed by atoms with van der Waals surface area (Å²) in [4.78, 5) is 11.3. The number of aliphatic hydroxyl groups excluding tert-OH is 1. The lowest BCUT2D eigenvalue weighted by molar-refractivity contribution is -0.157. The van der Waals surface area contributed by atoms with Gasteiger partial charge in [-0.05, 0) is 20.8 Å². The van der Waals surface area contributed by atoms with Crippen LogP contribution in [-0.2, 0) is 14.3 Å². The molecule has 0 bridgehead atoms. The van der Waals surface area contributed by atoms with Gasteiger partial charge in [0.05, 0.1) is 25.2 Å². The van der Waals surface area contributed by atoms with Crippen LogP contribution >= 0.6 is 0 Å². The molecule has 1 aliphatic heterocycles. The van der Waals surface area contributed by atoms with Crippen LogP contribution in [0.5, 0.6) is 0 Å². The minimum Gasteiger partial charge on any atom is -0.460 e. The summed E-state index contributed by atoms with van der Waals surface area (Å²) < 4.78 is 10.3. The third kappa shape index (κ3) is 4.07. The summed E-state index contributed by atoms with van der Waals surface area (Å²) in [5, 5.41) is 9.17. The van der Waals surface area contributed by atoms with E-state index in [2.05, 4.69) is 0 Å². The van der Waals surface area contributed by atoms with E-state index < -0.39 is 11.7 Å². The van der Waals surface area contributed by atoms with Crippen LogP contribution in [0.1, 0.15) is 33.6 Å². The van der Waals surface area contributed by atoms with Gasteiger partial charge < -0.3 is 14.6 Å². The molecule has 0 unspecified atom stereocenters. The lowest BCUT2D eigenvalue weighted by Crippen LogP contribution is -2.26. The highest BCUT2D eigenvalue weighted by molar-refractivity contribution is 5.70. The van der Waals surface area contributed by atoms with Crippen LogP contribution in [0.15, 0.2) is 0 Å². The number of rotatable bonds is 2. The summed E-state index contributed by atoms with van der Waals surface area (Å²) in [7, 11) is 0. The molecule has 1 saturated heterocycles. The predicted octanol–water partition coefficient (Wildman–Crippen LogP) is 0.868. The van der Waals surface area contributed by atoms with Crippen molar-refractivity contribution in [2.75, 3.05) is 6.61 Å². The molecule has 0 saturated carbocycles. The zero-order chi connectivity index (χ0) is 10.8. The first-order valence-corrected chi connectivity index (χ1v) is 4.88. The minimum atomic E-state index is -0.450. The maximum atomic E-state index is 11.3. The second-order valence-electron chi connectivity index (χ2n) is 4.64. The molecule has 4 nitrogen and oxygen atoms in total. The second kappa shape index (κ2) is 4.28. The average molecular weight is 202 g/mol. The van der Waals surface area contributed by atoms with Gasteiger partial charge in [-0.3, -0.25) is 4.79 Å². The zero-order valence-corrected chi connectivity index (χ0v) is 8.95. The molecule has 1 rings (SSSR count). The molecule has 82 valence electrons. The van der Waals surface area contributed by atoms with Crippen LogP contribution in [-0.4, -0.2) is 35.5 Å². The lowest BCUT2D eigenvalue weighted by atomic mass is 10.1. The van der Waals surface area contributed by atoms with Crippen molar-refractivity contribution in [2.45, 2.75) is 51.4 Å². The Morgan fingerprint density at radius 2 is 2.21 bits per heavy atom. The van der Waals surface area contributed by atoms with Crippen molar-refractivity contribution in [2.24, 2.45) is 0 Å². The van der Waals surface area contributed by atoms with Gasteiger partial charge in [0.25, 0.3) is 0 Å². The summed E-state index contributed by atoms with van der Waals surface area (Å²) in [6, 6.07) is 0. The van der Waals surface area contributed by atoms with Gasteiger partial charge in [0.2, 0.25) is 0 Å². The summed E-state index contributed by atoms with van der Waals surface area (Å²) in [6.07, 6.45) is 0.149. The third-order valence-electron chi connectivity index (χ3n) is 1.87. The minimum absolute atomic E-state index is 0.181. The first kappa shape index (κ1) is 11.5. The second-order valence-corrected chi connectivity index (χ2v) is 4.64. The first-order chi connectivity index (χ1) is 6.37. The summed E-state index contributed by atoms with van der Waals surface area (Å²) in [5.41, 5.74) is -0.450. The van der Waals surface area contributed by atoms with E-state index >= 15 is 0 Å². The Morgan fingerprint density at radius 3 is 2.64 bits per heavy atom. The van der Waals surface area contributed by atoms with Gasteiger partial charge in [-0.25, -0.2) is 0 Å². The van der Waals surface area contributed by atoms with E-state index in [9.17, 15) is 4.79 Å². The standard InChI is InChI=1S/C10H18O4/c1-10(2,3)14-9(12)5-8-4-7(11)6-13-8/h7-8,11H,4-6H2,1-3H3/t7-,8+/m0/s1. The van der Waals surface area contributed by atoms with Crippen molar-refractivity contribution < 1.29 is 19.4 Å². The molecule has 0 spiro atoms. The van der Waals surface area contributed by atoms with E-state index in [1.807, 2.05) is 20.8 Å². The zero-order valence-electron chi connectivity index (χ0n) is 8.95. The molecule has 14 heavy (non-hydrogen) atoms. The van der Waals surface area contributed by atoms with Gasteiger partial charge >= 0.3 is 5.97 Å². The third-order valence-corrected chi connectivity index (χ3v) is 1.87. The predicted molar refractivity (Wildman–Crippen MR) is 50.8 cm³/mol.